The van der Waals surface area contributed by atoms with Crippen molar-refractivity contribution in [2.45, 2.75) is 266 Å². The van der Waals surface area contributed by atoms with Crippen LogP contribution in [0.4, 0.5) is 13.2 Å². The normalized spacial score (nSPS) is 32.1. The monoisotopic (exact) mass is 1520 g/mol. The van der Waals surface area contributed by atoms with Gasteiger partial charge in [0.1, 0.15) is 53.9 Å². The molecule has 592 valence electrons. The number of carbonyl (C=O) groups is 12. The lowest BCUT2D eigenvalue weighted by atomic mass is 9.58. The molecule has 4 aliphatic carbocycles. The minimum atomic E-state index is -4.44. The molecule has 3 N–H and O–H groups in total. The van der Waals surface area contributed by atoms with Gasteiger partial charge in [0.25, 0.3) is 0 Å². The smallest absolute Gasteiger partial charge is 0.377 e. The third kappa shape index (κ3) is 21.2. The minimum absolute atomic E-state index is 0.00209. The van der Waals surface area contributed by atoms with Gasteiger partial charge in [-0.05, 0) is 145 Å². The van der Waals surface area contributed by atoms with Gasteiger partial charge in [0, 0.05) is 87.9 Å². The van der Waals surface area contributed by atoms with Crippen molar-refractivity contribution >= 4 is 94.1 Å². The summed E-state index contributed by atoms with van der Waals surface area (Å²) in [4.78, 5) is 193. The molecule has 2 bridgehead atoms. The zero-order valence-electron chi connectivity index (χ0n) is 64.4. The van der Waals surface area contributed by atoms with Crippen LogP contribution in [-0.2, 0) is 62.3 Å². The number of nitrogens with one attached hydrogen (secondary N) is 3. The van der Waals surface area contributed by atoms with Gasteiger partial charge in [-0.15, -0.1) is 23.2 Å². The molecule has 7 aliphatic rings. The van der Waals surface area contributed by atoms with Crippen molar-refractivity contribution in [3.8, 4) is 0 Å². The summed E-state index contributed by atoms with van der Waals surface area (Å²) in [6.07, 6.45) is 3.58. The topological polar surface area (TPSA) is 279 Å². The second-order valence-corrected chi connectivity index (χ2v) is 33.4. The highest BCUT2D eigenvalue weighted by atomic mass is 35.5. The maximum Gasteiger partial charge on any atom is 0.391 e. The Morgan fingerprint density at radius 2 is 1.30 bits per heavy atom. The summed E-state index contributed by atoms with van der Waals surface area (Å²) in [7, 11) is 11.4. The third-order valence-corrected chi connectivity index (χ3v) is 24.8. The Bertz CT molecular complexity index is 3140. The molecule has 25 nitrogen and oxygen atoms in total. The average Bonchev–Trinajstić information content (AvgIpc) is 1.26. The Kier molecular flexibility index (Phi) is 30.5. The number of halogens is 5. The van der Waals surface area contributed by atoms with Gasteiger partial charge >= 0.3 is 6.18 Å². The summed E-state index contributed by atoms with van der Waals surface area (Å²) in [6, 6.07) is -10.3. The van der Waals surface area contributed by atoms with Crippen molar-refractivity contribution in [2.24, 2.45) is 35.0 Å². The Balaban J connectivity index is 1.32. The number of amides is 12. The van der Waals surface area contributed by atoms with Gasteiger partial charge in [-0.1, -0.05) is 72.5 Å². The predicted octanol–water partition coefficient (Wildman–Crippen LogP) is 6.49. The summed E-state index contributed by atoms with van der Waals surface area (Å²) in [5, 5.41) is 8.25. The number of alkyl halides is 5. The number of hydrogen-bond donors (Lipinski definition) is 3. The van der Waals surface area contributed by atoms with Gasteiger partial charge in [0.15, 0.2) is 0 Å². The van der Waals surface area contributed by atoms with Gasteiger partial charge in [0.2, 0.25) is 70.9 Å². The highest BCUT2D eigenvalue weighted by Crippen LogP contribution is 2.50. The number of nitrogens with zero attached hydrogens (tertiary/aromatic N) is 9. The molecule has 3 heterocycles. The first-order valence-electron chi connectivity index (χ1n) is 38.2. The quantitative estimate of drug-likeness (QED) is 0.132. The lowest BCUT2D eigenvalue weighted by Crippen LogP contribution is -2.71. The summed E-state index contributed by atoms with van der Waals surface area (Å²) < 4.78 is 48.6. The van der Waals surface area contributed by atoms with Crippen LogP contribution in [0.5, 0.6) is 0 Å². The summed E-state index contributed by atoms with van der Waals surface area (Å²) in [5.41, 5.74) is -2.12. The van der Waals surface area contributed by atoms with Crippen LogP contribution >= 0.6 is 23.2 Å². The van der Waals surface area contributed by atoms with Crippen molar-refractivity contribution < 1.29 is 75.4 Å². The van der Waals surface area contributed by atoms with Gasteiger partial charge in [-0.2, -0.15) is 13.2 Å². The van der Waals surface area contributed by atoms with E-state index in [-0.39, 0.29) is 113 Å². The molecule has 0 aromatic carbocycles. The van der Waals surface area contributed by atoms with E-state index in [9.17, 15) is 41.9 Å². The van der Waals surface area contributed by atoms with E-state index < -0.39 is 186 Å². The second-order valence-electron chi connectivity index (χ2n) is 32.3. The molecule has 3 unspecified atom stereocenters. The van der Waals surface area contributed by atoms with Crippen LogP contribution in [0.25, 0.3) is 0 Å². The molecule has 6 fully saturated rings. The standard InChI is InChI=1S/C75H119Cl2F3N12O13/c1-15-23-54-64(96)82-62(45(4)16-2)70(102)86(10)42-61(95)88(12)55-26-19-18-22-35-91(69(55)101)58(37-47-27-31-49(32-28-47)75(78,79)80)68(100)85(9)41-59(93)81-53(34-30-46-29-33-51(76)52(77)36-46)66(98)92-40-50(105-17-3)38-56(92)65(97)83-74(43-73(5,6)44-74)72(104)90(14)63(48-24-20-21-25-48)71(103)89(13)57(67(99)84(7)8)39-60(94)87(54)11/h18-19,45-58,62-63H,15-17,20-44H2,1-14H3,(H,81,93)(H,82,96)(H,83,97)/b19-18-/t45-,46?,47?,49?,50+,51?,52?,53-,54-,55-,56-,57-,58-,62-,63-/m0/s1. The molecular weight excluding hydrogens is 1400 g/mol. The summed E-state index contributed by atoms with van der Waals surface area (Å²) in [6.45, 7) is 9.82. The number of likely N-dealkylation sites (N-methyl/N-ethyl adjacent to an activating group) is 7. The molecule has 2 saturated heterocycles. The molecule has 0 radical (unpaired) electrons. The molecule has 1 spiro atoms. The van der Waals surface area contributed by atoms with E-state index in [0.717, 1.165) is 22.6 Å². The van der Waals surface area contributed by atoms with Crippen LogP contribution < -0.4 is 16.0 Å². The van der Waals surface area contributed by atoms with Gasteiger partial charge in [0.05, 0.1) is 36.9 Å². The molecule has 13 atom stereocenters. The van der Waals surface area contributed by atoms with Gasteiger partial charge < -0.3 is 64.8 Å². The predicted molar refractivity (Wildman–Crippen MR) is 390 cm³/mol. The number of ether oxygens (including phenoxy) is 1. The largest absolute Gasteiger partial charge is 0.391 e. The van der Waals surface area contributed by atoms with Gasteiger partial charge in [-0.3, -0.25) is 57.5 Å². The van der Waals surface area contributed by atoms with Crippen molar-refractivity contribution in [3.63, 3.8) is 0 Å². The molecule has 4 saturated carbocycles. The van der Waals surface area contributed by atoms with Crippen LogP contribution in [-0.4, -0.2) is 281 Å². The van der Waals surface area contributed by atoms with Crippen molar-refractivity contribution in [1.29, 1.82) is 0 Å². The molecule has 7 rings (SSSR count). The molecular formula is C75H119Cl2F3N12O13. The van der Waals surface area contributed by atoms with Crippen LogP contribution in [0, 0.1) is 35.0 Å². The van der Waals surface area contributed by atoms with Crippen LogP contribution in [0.15, 0.2) is 12.2 Å². The van der Waals surface area contributed by atoms with Crippen molar-refractivity contribution in [1.82, 2.24) is 60.0 Å². The summed E-state index contributed by atoms with van der Waals surface area (Å²) >= 11 is 13.3. The van der Waals surface area contributed by atoms with Crippen LogP contribution in [0.3, 0.4) is 0 Å². The fourth-order valence-corrected chi connectivity index (χ4v) is 18.0. The highest BCUT2D eigenvalue weighted by Gasteiger charge is 2.59. The Labute approximate surface area is 629 Å². The molecule has 30 heteroatoms. The third-order valence-electron chi connectivity index (χ3n) is 23.7. The van der Waals surface area contributed by atoms with Crippen molar-refractivity contribution in [3.05, 3.63) is 12.2 Å². The molecule has 0 aromatic rings. The first-order valence-corrected chi connectivity index (χ1v) is 39.1. The zero-order chi connectivity index (χ0) is 77.9. The van der Waals surface area contributed by atoms with E-state index in [4.69, 9.17) is 27.9 Å². The van der Waals surface area contributed by atoms with Crippen molar-refractivity contribution in [2.75, 3.05) is 89.2 Å². The SMILES string of the molecule is CCC[C@H]1C(=O)N[C@@H]([C@@H](C)CC)C(=O)N(C)CC(=O)N(C)[C@H]2C/C=C\CCN(C2=O)[C@@H](CC2CCC(C(F)(F)F)CC2)C(=O)N(C)CC(=O)N[C@@H](CCC2CCC(Cl)C(Cl)C2)C(=O)N2C[C@H](OCC)C[C@H]2C(=O)NC2(CC(C)(C)C2)C(=O)N(C)[C@@H](C2CCCC2)C(=O)N(C)[C@H](C(=O)N(C)C)CC(=O)N1C. The fraction of sp³-hybridized carbons (Fsp3) is 0.813. The molecule has 0 aromatic heterocycles. The van der Waals surface area contributed by atoms with E-state index in [2.05, 4.69) is 16.0 Å². The molecule has 12 amide bonds. The zero-order valence-corrected chi connectivity index (χ0v) is 65.9. The average molecular weight is 1520 g/mol. The molecule has 3 aliphatic heterocycles. The number of rotatable bonds is 13. The minimum Gasteiger partial charge on any atom is -0.377 e. The fourth-order valence-electron chi connectivity index (χ4n) is 17.4. The number of carbonyl (C=O) groups excluding carboxylic acids is 12. The second kappa shape index (κ2) is 37.2. The van der Waals surface area contributed by atoms with Gasteiger partial charge in [-0.25, -0.2) is 0 Å². The van der Waals surface area contributed by atoms with E-state index >= 15 is 28.8 Å². The maximum atomic E-state index is 15.8. The van der Waals surface area contributed by atoms with Crippen LogP contribution in [0.2, 0.25) is 0 Å². The van der Waals surface area contributed by atoms with E-state index in [1.165, 1.54) is 90.7 Å². The summed E-state index contributed by atoms with van der Waals surface area (Å²) in [5.74, 6) is -11.1. The lowest BCUT2D eigenvalue weighted by Gasteiger charge is -2.54. The van der Waals surface area contributed by atoms with E-state index in [0.29, 0.717) is 51.4 Å². The maximum absolute atomic E-state index is 15.8. The molecule has 105 heavy (non-hydrogen) atoms. The number of hydrogen-bond acceptors (Lipinski definition) is 13. The Hall–Kier alpha value is -6.29. The Morgan fingerprint density at radius 3 is 1.90 bits per heavy atom. The van der Waals surface area contributed by atoms with Crippen LogP contribution in [0.1, 0.15) is 189 Å². The first-order chi connectivity index (χ1) is 49.3. The highest BCUT2D eigenvalue weighted by molar-refractivity contribution is 6.30. The first kappa shape index (κ1) is 86.0. The lowest BCUT2D eigenvalue weighted by molar-refractivity contribution is -0.184. The van der Waals surface area contributed by atoms with E-state index in [1.54, 1.807) is 32.9 Å². The van der Waals surface area contributed by atoms with E-state index in [1.807, 2.05) is 20.8 Å². The Morgan fingerprint density at radius 1 is 0.667 bits per heavy atom. The number of fused-ring (bicyclic) bond motifs is 3.